The van der Waals surface area contributed by atoms with E-state index in [4.69, 9.17) is 11.6 Å². The van der Waals surface area contributed by atoms with Crippen LogP contribution in [-0.4, -0.2) is 47.3 Å². The Balaban J connectivity index is 1.77. The zero-order valence-electron chi connectivity index (χ0n) is 15.1. The van der Waals surface area contributed by atoms with Gasteiger partial charge < -0.3 is 10.2 Å². The number of benzene rings is 1. The summed E-state index contributed by atoms with van der Waals surface area (Å²) in [6.45, 7) is 5.15. The smallest absolute Gasteiger partial charge is 0.325 e. The van der Waals surface area contributed by atoms with Crippen LogP contribution in [0.4, 0.5) is 4.79 Å². The van der Waals surface area contributed by atoms with Crippen LogP contribution < -0.4 is 5.32 Å². The van der Waals surface area contributed by atoms with Gasteiger partial charge in [0.05, 0.1) is 0 Å². The van der Waals surface area contributed by atoms with Crippen molar-refractivity contribution in [1.82, 2.24) is 15.1 Å². The third-order valence-electron chi connectivity index (χ3n) is 5.47. The van der Waals surface area contributed by atoms with Gasteiger partial charge in [-0.2, -0.15) is 0 Å². The lowest BCUT2D eigenvalue weighted by molar-refractivity contribution is -0.140. The Labute approximate surface area is 158 Å². The number of carbonyl (C=O) groups is 3. The second-order valence-electron chi connectivity index (χ2n) is 7.15. The molecule has 7 heteroatoms. The van der Waals surface area contributed by atoms with E-state index in [0.717, 1.165) is 17.7 Å². The molecule has 1 aromatic carbocycles. The maximum absolute atomic E-state index is 13.1. The number of urea groups is 1. The lowest BCUT2D eigenvalue weighted by atomic mass is 9.87. The zero-order chi connectivity index (χ0) is 18.9. The molecule has 6 nitrogen and oxygen atoms in total. The second-order valence-corrected chi connectivity index (χ2v) is 7.59. The summed E-state index contributed by atoms with van der Waals surface area (Å²) in [5.74, 6) is 0.0443. The van der Waals surface area contributed by atoms with Crippen molar-refractivity contribution in [3.63, 3.8) is 0 Å². The topological polar surface area (TPSA) is 69.7 Å². The molecule has 0 aromatic heterocycles. The molecule has 2 aliphatic rings. The number of imide groups is 1. The van der Waals surface area contributed by atoms with E-state index >= 15 is 0 Å². The Morgan fingerprint density at radius 3 is 2.42 bits per heavy atom. The van der Waals surface area contributed by atoms with E-state index in [1.165, 1.54) is 0 Å². The fourth-order valence-corrected chi connectivity index (χ4v) is 3.76. The fraction of sp³-hybridized carbons (Fsp3) is 0.526. The molecule has 0 aliphatic carbocycles. The minimum absolute atomic E-state index is 0.177. The Bertz CT molecular complexity index is 713. The largest absolute Gasteiger partial charge is 0.341 e. The number of nitrogens with zero attached hydrogens (tertiary/aromatic N) is 2. The minimum Gasteiger partial charge on any atom is -0.341 e. The van der Waals surface area contributed by atoms with Crippen molar-refractivity contribution >= 4 is 29.4 Å². The van der Waals surface area contributed by atoms with Crippen molar-refractivity contribution in [2.45, 2.75) is 38.6 Å². The quantitative estimate of drug-likeness (QED) is 0.820. The first kappa shape index (κ1) is 18.7. The highest BCUT2D eigenvalue weighted by molar-refractivity contribution is 6.30. The predicted molar refractivity (Wildman–Crippen MR) is 98.6 cm³/mol. The average molecular weight is 378 g/mol. The maximum atomic E-state index is 13.1. The third-order valence-corrected chi connectivity index (χ3v) is 5.72. The van der Waals surface area contributed by atoms with Crippen molar-refractivity contribution < 1.29 is 14.4 Å². The normalized spacial score (nSPS) is 24.1. The van der Waals surface area contributed by atoms with Crippen molar-refractivity contribution in [3.05, 3.63) is 34.9 Å². The molecule has 0 radical (unpaired) electrons. The summed E-state index contributed by atoms with van der Waals surface area (Å²) in [5, 5.41) is 3.35. The second kappa shape index (κ2) is 7.27. The van der Waals surface area contributed by atoms with Crippen LogP contribution in [0.3, 0.4) is 0 Å². The van der Waals surface area contributed by atoms with Crippen LogP contribution >= 0.6 is 11.6 Å². The van der Waals surface area contributed by atoms with Gasteiger partial charge in [-0.15, -0.1) is 0 Å². The van der Waals surface area contributed by atoms with E-state index in [9.17, 15) is 14.4 Å². The van der Waals surface area contributed by atoms with Crippen LogP contribution in [0.25, 0.3) is 0 Å². The first-order valence-electron chi connectivity index (χ1n) is 9.05. The SMILES string of the molecule is CC[C@@]1(c2ccc(Cl)cc2)NC(=O)N(CC(=O)N2CCC(C)CC2)C1=O. The highest BCUT2D eigenvalue weighted by atomic mass is 35.5. The van der Waals surface area contributed by atoms with Crippen LogP contribution in [0.15, 0.2) is 24.3 Å². The molecule has 26 heavy (non-hydrogen) atoms. The molecule has 0 unspecified atom stereocenters. The van der Waals surface area contributed by atoms with Gasteiger partial charge in [0.25, 0.3) is 5.91 Å². The van der Waals surface area contributed by atoms with Gasteiger partial charge in [-0.1, -0.05) is 37.6 Å². The molecule has 1 atom stereocenters. The molecule has 1 aromatic rings. The first-order chi connectivity index (χ1) is 12.4. The standard InChI is InChI=1S/C19H24ClN3O3/c1-3-19(14-4-6-15(20)7-5-14)17(25)23(18(26)21-19)12-16(24)22-10-8-13(2)9-11-22/h4-7,13H,3,8-12H2,1-2H3,(H,21,26)/t19-/m0/s1. The van der Waals surface area contributed by atoms with Crippen LogP contribution in [0.2, 0.25) is 5.02 Å². The summed E-state index contributed by atoms with van der Waals surface area (Å²) in [6.07, 6.45) is 2.30. The van der Waals surface area contributed by atoms with Crippen LogP contribution in [-0.2, 0) is 15.1 Å². The number of carbonyl (C=O) groups excluding carboxylic acids is 3. The molecule has 0 spiro atoms. The minimum atomic E-state index is -1.14. The molecule has 2 heterocycles. The molecule has 2 fully saturated rings. The number of piperidine rings is 1. The van der Waals surface area contributed by atoms with E-state index < -0.39 is 11.6 Å². The van der Waals surface area contributed by atoms with E-state index in [1.807, 2.05) is 6.92 Å². The van der Waals surface area contributed by atoms with Crippen molar-refractivity contribution in [1.29, 1.82) is 0 Å². The Hall–Kier alpha value is -2.08. The Morgan fingerprint density at radius 1 is 1.23 bits per heavy atom. The predicted octanol–water partition coefficient (Wildman–Crippen LogP) is 2.76. The zero-order valence-corrected chi connectivity index (χ0v) is 15.9. The number of hydrogen-bond acceptors (Lipinski definition) is 3. The number of likely N-dealkylation sites (tertiary alicyclic amines) is 1. The summed E-state index contributed by atoms with van der Waals surface area (Å²) >= 11 is 5.93. The van der Waals surface area contributed by atoms with Gasteiger partial charge in [0.1, 0.15) is 12.1 Å². The van der Waals surface area contributed by atoms with Gasteiger partial charge in [-0.3, -0.25) is 14.5 Å². The van der Waals surface area contributed by atoms with Gasteiger partial charge >= 0.3 is 6.03 Å². The van der Waals surface area contributed by atoms with Gasteiger partial charge in [-0.25, -0.2) is 4.79 Å². The number of halogens is 1. The average Bonchev–Trinajstić information content (AvgIpc) is 2.88. The number of hydrogen-bond donors (Lipinski definition) is 1. The molecule has 4 amide bonds. The summed E-state index contributed by atoms with van der Waals surface area (Å²) in [7, 11) is 0. The van der Waals surface area contributed by atoms with E-state index in [0.29, 0.717) is 36.0 Å². The summed E-state index contributed by atoms with van der Waals surface area (Å²) in [6, 6.07) is 6.33. The van der Waals surface area contributed by atoms with Crippen LogP contribution in [0.5, 0.6) is 0 Å². The fourth-order valence-electron chi connectivity index (χ4n) is 3.64. The summed E-state index contributed by atoms with van der Waals surface area (Å²) in [5.41, 5.74) is -0.470. The van der Waals surface area contributed by atoms with Crippen molar-refractivity contribution in [2.75, 3.05) is 19.6 Å². The maximum Gasteiger partial charge on any atom is 0.325 e. The molecule has 140 valence electrons. The molecule has 0 bridgehead atoms. The summed E-state index contributed by atoms with van der Waals surface area (Å²) < 4.78 is 0. The molecule has 0 saturated carbocycles. The summed E-state index contributed by atoms with van der Waals surface area (Å²) in [4.78, 5) is 40.9. The van der Waals surface area contributed by atoms with Crippen LogP contribution in [0, 0.1) is 5.92 Å². The van der Waals surface area contributed by atoms with E-state index in [-0.39, 0.29) is 18.4 Å². The molecule has 2 aliphatic heterocycles. The molecule has 1 N–H and O–H groups in total. The lowest BCUT2D eigenvalue weighted by Gasteiger charge is -2.31. The molecule has 3 rings (SSSR count). The number of nitrogens with one attached hydrogen (secondary N) is 1. The van der Waals surface area contributed by atoms with Crippen LogP contribution in [0.1, 0.15) is 38.7 Å². The molecular formula is C19H24ClN3O3. The van der Waals surface area contributed by atoms with Gasteiger partial charge in [0, 0.05) is 18.1 Å². The van der Waals surface area contributed by atoms with Gasteiger partial charge in [0.2, 0.25) is 5.91 Å². The van der Waals surface area contributed by atoms with Crippen molar-refractivity contribution in [3.8, 4) is 0 Å². The number of amides is 4. The monoisotopic (exact) mass is 377 g/mol. The Kier molecular flexibility index (Phi) is 5.23. The lowest BCUT2D eigenvalue weighted by Crippen LogP contribution is -2.47. The number of rotatable bonds is 4. The molecule has 2 saturated heterocycles. The molecular weight excluding hydrogens is 354 g/mol. The van der Waals surface area contributed by atoms with E-state index in [1.54, 1.807) is 29.2 Å². The van der Waals surface area contributed by atoms with Crippen molar-refractivity contribution in [2.24, 2.45) is 5.92 Å². The van der Waals surface area contributed by atoms with E-state index in [2.05, 4.69) is 12.2 Å². The third kappa shape index (κ3) is 3.30. The first-order valence-corrected chi connectivity index (χ1v) is 9.43. The van der Waals surface area contributed by atoms with Gasteiger partial charge in [-0.05, 0) is 42.9 Å². The Morgan fingerprint density at radius 2 is 1.85 bits per heavy atom. The highest BCUT2D eigenvalue weighted by Gasteiger charge is 2.51. The highest BCUT2D eigenvalue weighted by Crippen LogP contribution is 2.33. The van der Waals surface area contributed by atoms with Gasteiger partial charge in [0.15, 0.2) is 0 Å².